The minimum absolute atomic E-state index is 0.157. The first-order valence-electron chi connectivity index (χ1n) is 10.1. The Kier molecular flexibility index (Phi) is 4.63. The van der Waals surface area contributed by atoms with Gasteiger partial charge in [-0.15, -0.1) is 0 Å². The van der Waals surface area contributed by atoms with Gasteiger partial charge in [0.05, 0.1) is 0 Å². The molecule has 7 heteroatoms. The molecule has 154 valence electrons. The van der Waals surface area contributed by atoms with Crippen LogP contribution in [0.5, 0.6) is 0 Å². The van der Waals surface area contributed by atoms with E-state index in [0.717, 1.165) is 10.9 Å². The van der Waals surface area contributed by atoms with Gasteiger partial charge in [0.2, 0.25) is 0 Å². The van der Waals surface area contributed by atoms with E-state index in [0.29, 0.717) is 43.8 Å². The second-order valence-electron chi connectivity index (χ2n) is 8.53. The second kappa shape index (κ2) is 6.90. The molecule has 4 amide bonds. The van der Waals surface area contributed by atoms with Gasteiger partial charge in [0, 0.05) is 37.6 Å². The maximum Gasteiger partial charge on any atom is 0.327 e. The van der Waals surface area contributed by atoms with E-state index < -0.39 is 5.54 Å². The molecule has 1 aromatic carbocycles. The van der Waals surface area contributed by atoms with Crippen LogP contribution in [0.4, 0.5) is 4.79 Å². The van der Waals surface area contributed by atoms with Crippen molar-refractivity contribution in [2.45, 2.75) is 39.2 Å². The highest BCUT2D eigenvalue weighted by atomic mass is 16.3. The summed E-state index contributed by atoms with van der Waals surface area (Å²) in [4.78, 5) is 43.4. The fourth-order valence-corrected chi connectivity index (χ4v) is 4.58. The molecule has 2 aliphatic heterocycles. The largest absolute Gasteiger partial charge is 0.451 e. The third-order valence-corrected chi connectivity index (χ3v) is 6.20. The van der Waals surface area contributed by atoms with Crippen molar-refractivity contribution < 1.29 is 18.8 Å². The van der Waals surface area contributed by atoms with Gasteiger partial charge in [0.15, 0.2) is 5.76 Å². The number of amides is 4. The quantitative estimate of drug-likeness (QED) is 0.745. The van der Waals surface area contributed by atoms with Crippen LogP contribution in [0.2, 0.25) is 0 Å². The molecule has 1 spiro atoms. The molecule has 3 heterocycles. The summed E-state index contributed by atoms with van der Waals surface area (Å²) in [5.41, 5.74) is 0.692. The Morgan fingerprint density at radius 2 is 1.83 bits per heavy atom. The first-order chi connectivity index (χ1) is 13.8. The lowest BCUT2D eigenvalue weighted by Crippen LogP contribution is -2.58. The van der Waals surface area contributed by atoms with Crippen LogP contribution in [0.25, 0.3) is 11.0 Å². The normalized spacial score (nSPS) is 19.3. The minimum atomic E-state index is -0.837. The van der Waals surface area contributed by atoms with E-state index in [1.54, 1.807) is 16.8 Å². The lowest BCUT2D eigenvalue weighted by Gasteiger charge is -2.42. The number of hydrogen-bond donors (Lipinski definition) is 0. The van der Waals surface area contributed by atoms with Crippen LogP contribution in [0, 0.1) is 12.8 Å². The Hall–Kier alpha value is -2.83. The van der Waals surface area contributed by atoms with Crippen molar-refractivity contribution in [3.05, 3.63) is 35.6 Å². The molecule has 29 heavy (non-hydrogen) atoms. The van der Waals surface area contributed by atoms with Crippen LogP contribution < -0.4 is 0 Å². The standard InChI is InChI=1S/C22H27N3O4/c1-14(2)13-25-21(28)23(4)20(27)22(25)9-11-24(12-10-22)19(26)18-15(3)16-7-5-6-8-17(16)29-18/h5-8,14H,9-13H2,1-4H3. The molecule has 7 nitrogen and oxygen atoms in total. The number of likely N-dealkylation sites (N-methyl/N-ethyl adjacent to an activating group) is 1. The van der Waals surface area contributed by atoms with E-state index in [1.165, 1.54) is 4.90 Å². The summed E-state index contributed by atoms with van der Waals surface area (Å²) in [5.74, 6) is 0.296. The molecule has 2 aromatic rings. The van der Waals surface area contributed by atoms with Gasteiger partial charge in [-0.05, 0) is 31.7 Å². The summed E-state index contributed by atoms with van der Waals surface area (Å²) in [5, 5.41) is 0.936. The van der Waals surface area contributed by atoms with Crippen LogP contribution in [0.3, 0.4) is 0 Å². The number of fused-ring (bicyclic) bond motifs is 1. The number of piperidine rings is 1. The van der Waals surface area contributed by atoms with Crippen LogP contribution in [0.1, 0.15) is 42.8 Å². The van der Waals surface area contributed by atoms with Gasteiger partial charge >= 0.3 is 6.03 Å². The summed E-state index contributed by atoms with van der Waals surface area (Å²) in [7, 11) is 1.54. The number of nitrogens with zero attached hydrogens (tertiary/aromatic N) is 3. The van der Waals surface area contributed by atoms with Crippen molar-refractivity contribution in [2.24, 2.45) is 5.92 Å². The zero-order valence-electron chi connectivity index (χ0n) is 17.4. The number of likely N-dealkylation sites (tertiary alicyclic amines) is 1. The van der Waals surface area contributed by atoms with Gasteiger partial charge in [-0.3, -0.25) is 14.5 Å². The summed E-state index contributed by atoms with van der Waals surface area (Å²) < 4.78 is 5.83. The topological polar surface area (TPSA) is 74.1 Å². The van der Waals surface area contributed by atoms with Crippen molar-refractivity contribution in [1.82, 2.24) is 14.7 Å². The third-order valence-electron chi connectivity index (χ3n) is 6.20. The molecule has 0 N–H and O–H groups in total. The smallest absolute Gasteiger partial charge is 0.327 e. The molecular weight excluding hydrogens is 370 g/mol. The molecule has 2 aliphatic rings. The Labute approximate surface area is 170 Å². The van der Waals surface area contributed by atoms with Crippen molar-refractivity contribution in [3.8, 4) is 0 Å². The van der Waals surface area contributed by atoms with E-state index in [2.05, 4.69) is 0 Å². The number of carbonyl (C=O) groups excluding carboxylic acids is 3. The molecule has 0 atom stereocenters. The average Bonchev–Trinajstić information content (AvgIpc) is 3.13. The van der Waals surface area contributed by atoms with E-state index in [1.807, 2.05) is 45.0 Å². The molecule has 2 saturated heterocycles. The molecule has 4 rings (SSSR count). The molecule has 0 saturated carbocycles. The van der Waals surface area contributed by atoms with E-state index >= 15 is 0 Å². The number of imide groups is 1. The predicted octanol–water partition coefficient (Wildman–Crippen LogP) is 3.27. The number of benzene rings is 1. The monoisotopic (exact) mass is 397 g/mol. The number of furan rings is 1. The number of para-hydroxylation sites is 1. The average molecular weight is 397 g/mol. The highest BCUT2D eigenvalue weighted by molar-refractivity contribution is 6.07. The maximum absolute atomic E-state index is 13.1. The molecular formula is C22H27N3O4. The number of hydrogen-bond acceptors (Lipinski definition) is 4. The van der Waals surface area contributed by atoms with Crippen LogP contribution >= 0.6 is 0 Å². The molecule has 0 aliphatic carbocycles. The predicted molar refractivity (Wildman–Crippen MR) is 109 cm³/mol. The third kappa shape index (κ3) is 2.91. The fourth-order valence-electron chi connectivity index (χ4n) is 4.58. The lowest BCUT2D eigenvalue weighted by atomic mass is 9.85. The van der Waals surface area contributed by atoms with Crippen molar-refractivity contribution in [2.75, 3.05) is 26.7 Å². The highest BCUT2D eigenvalue weighted by Gasteiger charge is 2.57. The number of aryl methyl sites for hydroxylation is 1. The maximum atomic E-state index is 13.1. The van der Waals surface area contributed by atoms with Gasteiger partial charge < -0.3 is 14.2 Å². The minimum Gasteiger partial charge on any atom is -0.451 e. The van der Waals surface area contributed by atoms with E-state index in [4.69, 9.17) is 4.42 Å². The van der Waals surface area contributed by atoms with E-state index in [-0.39, 0.29) is 23.8 Å². The zero-order chi connectivity index (χ0) is 20.9. The number of carbonyl (C=O) groups is 3. The number of rotatable bonds is 3. The van der Waals surface area contributed by atoms with Gasteiger partial charge in [-0.2, -0.15) is 0 Å². The lowest BCUT2D eigenvalue weighted by molar-refractivity contribution is -0.134. The van der Waals surface area contributed by atoms with Gasteiger partial charge in [0.25, 0.3) is 11.8 Å². The Bertz CT molecular complexity index is 985. The fraction of sp³-hybridized carbons (Fsp3) is 0.500. The second-order valence-corrected chi connectivity index (χ2v) is 8.53. The first-order valence-corrected chi connectivity index (χ1v) is 10.1. The Morgan fingerprint density at radius 3 is 2.45 bits per heavy atom. The van der Waals surface area contributed by atoms with Crippen LogP contribution in [0.15, 0.2) is 28.7 Å². The Balaban J connectivity index is 1.56. The summed E-state index contributed by atoms with van der Waals surface area (Å²) in [6.07, 6.45) is 0.888. The molecule has 0 radical (unpaired) electrons. The van der Waals surface area contributed by atoms with Gasteiger partial charge in [-0.25, -0.2) is 4.79 Å². The van der Waals surface area contributed by atoms with Crippen LogP contribution in [-0.2, 0) is 4.79 Å². The summed E-state index contributed by atoms with van der Waals surface area (Å²) in [6, 6.07) is 7.36. The molecule has 0 bridgehead atoms. The SMILES string of the molecule is Cc1c(C(=O)N2CCC3(CC2)C(=O)N(C)C(=O)N3CC(C)C)oc2ccccc12. The van der Waals surface area contributed by atoms with Crippen molar-refractivity contribution >= 4 is 28.8 Å². The van der Waals surface area contributed by atoms with Crippen LogP contribution in [-0.4, -0.2) is 64.8 Å². The molecule has 0 unspecified atom stereocenters. The van der Waals surface area contributed by atoms with Crippen molar-refractivity contribution in [3.63, 3.8) is 0 Å². The highest BCUT2D eigenvalue weighted by Crippen LogP contribution is 2.38. The number of urea groups is 1. The first kappa shape index (κ1) is 19.5. The van der Waals surface area contributed by atoms with Crippen molar-refractivity contribution in [1.29, 1.82) is 0 Å². The molecule has 2 fully saturated rings. The van der Waals surface area contributed by atoms with Gasteiger partial charge in [-0.1, -0.05) is 32.0 Å². The Morgan fingerprint density at radius 1 is 1.17 bits per heavy atom. The van der Waals surface area contributed by atoms with Gasteiger partial charge in [0.1, 0.15) is 11.1 Å². The molecule has 1 aromatic heterocycles. The zero-order valence-corrected chi connectivity index (χ0v) is 17.4. The summed E-state index contributed by atoms with van der Waals surface area (Å²) >= 11 is 0. The van der Waals surface area contributed by atoms with E-state index in [9.17, 15) is 14.4 Å². The summed E-state index contributed by atoms with van der Waals surface area (Å²) in [6.45, 7) is 7.32.